The van der Waals surface area contributed by atoms with E-state index < -0.39 is 5.69 Å². The van der Waals surface area contributed by atoms with Gasteiger partial charge in [-0.1, -0.05) is 23.2 Å². The van der Waals surface area contributed by atoms with Crippen molar-refractivity contribution in [3.8, 4) is 11.5 Å². The molecular weight excluding hydrogens is 251 g/mol. The molecule has 0 bridgehead atoms. The third-order valence-corrected chi connectivity index (χ3v) is 2.16. The van der Waals surface area contributed by atoms with Crippen LogP contribution in [0.2, 0.25) is 10.0 Å². The number of nitrogens with zero attached hydrogens (tertiary/aromatic N) is 1. The second-order valence-electron chi connectivity index (χ2n) is 2.96. The summed E-state index contributed by atoms with van der Waals surface area (Å²) in [6, 6.07) is 4.82. The summed E-state index contributed by atoms with van der Waals surface area (Å²) in [5.74, 6) is 0.879. The largest absolute Gasteiger partial charge is 0.454 e. The molecule has 0 unspecified atom stereocenters. The van der Waals surface area contributed by atoms with Gasteiger partial charge in [0, 0.05) is 10.0 Å². The maximum atomic E-state index is 10.7. The molecular formula is C10H6Cl2N2O2. The standard InChI is InChI=1S/C10H6Cl2N2O2/c11-6-1-7(12)3-8(2-6)16-9-4-13-10(15)14-5-9/h1-5H,(H,13,14,15). The number of hydrogen-bond acceptors (Lipinski definition) is 3. The number of ether oxygens (including phenoxy) is 1. The molecule has 0 saturated carbocycles. The van der Waals surface area contributed by atoms with Crippen molar-refractivity contribution >= 4 is 23.2 Å². The van der Waals surface area contributed by atoms with E-state index in [0.29, 0.717) is 21.5 Å². The van der Waals surface area contributed by atoms with E-state index in [1.54, 1.807) is 18.2 Å². The van der Waals surface area contributed by atoms with Crippen LogP contribution in [0.25, 0.3) is 0 Å². The predicted octanol–water partition coefficient (Wildman–Crippen LogP) is 2.87. The Bertz CT molecular complexity index is 528. The van der Waals surface area contributed by atoms with Gasteiger partial charge < -0.3 is 9.72 Å². The SMILES string of the molecule is O=c1ncc(Oc2cc(Cl)cc(Cl)c2)c[nH]1. The van der Waals surface area contributed by atoms with Crippen molar-refractivity contribution in [3.63, 3.8) is 0 Å². The number of rotatable bonds is 2. The molecule has 0 aliphatic carbocycles. The third-order valence-electron chi connectivity index (χ3n) is 1.72. The Morgan fingerprint density at radius 1 is 1.12 bits per heavy atom. The summed E-state index contributed by atoms with van der Waals surface area (Å²) in [7, 11) is 0. The van der Waals surface area contributed by atoms with Crippen molar-refractivity contribution in [2.45, 2.75) is 0 Å². The molecule has 0 spiro atoms. The minimum absolute atomic E-state index is 0.401. The molecule has 1 N–H and O–H groups in total. The lowest BCUT2D eigenvalue weighted by molar-refractivity contribution is 0.476. The molecule has 4 nitrogen and oxygen atoms in total. The summed E-state index contributed by atoms with van der Waals surface area (Å²) in [6.07, 6.45) is 2.72. The summed E-state index contributed by atoms with van der Waals surface area (Å²) < 4.78 is 5.39. The second kappa shape index (κ2) is 4.55. The minimum atomic E-state index is -0.434. The van der Waals surface area contributed by atoms with E-state index in [1.807, 2.05) is 0 Å². The predicted molar refractivity (Wildman–Crippen MR) is 61.4 cm³/mol. The zero-order valence-electron chi connectivity index (χ0n) is 7.91. The fourth-order valence-electron chi connectivity index (χ4n) is 1.11. The Morgan fingerprint density at radius 2 is 1.81 bits per heavy atom. The van der Waals surface area contributed by atoms with Gasteiger partial charge in [-0.05, 0) is 18.2 Å². The van der Waals surface area contributed by atoms with Crippen molar-refractivity contribution in [1.29, 1.82) is 0 Å². The van der Waals surface area contributed by atoms with Crippen LogP contribution in [0, 0.1) is 0 Å². The number of nitrogens with one attached hydrogen (secondary N) is 1. The highest BCUT2D eigenvalue weighted by atomic mass is 35.5. The fourth-order valence-corrected chi connectivity index (χ4v) is 1.62. The maximum absolute atomic E-state index is 10.7. The van der Waals surface area contributed by atoms with Gasteiger partial charge in [0.2, 0.25) is 0 Å². The first-order valence-electron chi connectivity index (χ1n) is 4.32. The average molecular weight is 257 g/mol. The van der Waals surface area contributed by atoms with Crippen LogP contribution in [0.3, 0.4) is 0 Å². The molecule has 16 heavy (non-hydrogen) atoms. The smallest absolute Gasteiger partial charge is 0.345 e. The summed E-state index contributed by atoms with van der Waals surface area (Å²) in [4.78, 5) is 16.6. The fraction of sp³-hybridized carbons (Fsp3) is 0. The molecule has 6 heteroatoms. The number of H-pyrrole nitrogens is 1. The summed E-state index contributed by atoms with van der Waals surface area (Å²) >= 11 is 11.6. The average Bonchev–Trinajstić information content (AvgIpc) is 2.20. The van der Waals surface area contributed by atoms with Gasteiger partial charge in [0.1, 0.15) is 5.75 Å². The Kier molecular flexibility index (Phi) is 3.12. The molecule has 0 fully saturated rings. The second-order valence-corrected chi connectivity index (χ2v) is 3.83. The molecule has 1 aromatic carbocycles. The van der Waals surface area contributed by atoms with Crippen LogP contribution < -0.4 is 10.4 Å². The molecule has 1 aromatic heterocycles. The van der Waals surface area contributed by atoms with Crippen LogP contribution in [0.15, 0.2) is 35.4 Å². The Hall–Kier alpha value is -1.52. The first-order chi connectivity index (χ1) is 7.63. The minimum Gasteiger partial charge on any atom is -0.454 e. The Morgan fingerprint density at radius 3 is 2.38 bits per heavy atom. The number of benzene rings is 1. The molecule has 0 aliphatic heterocycles. The van der Waals surface area contributed by atoms with Gasteiger partial charge in [0.05, 0.1) is 12.4 Å². The van der Waals surface area contributed by atoms with Crippen LogP contribution >= 0.6 is 23.2 Å². The quantitative estimate of drug-likeness (QED) is 0.899. The first-order valence-corrected chi connectivity index (χ1v) is 5.08. The zero-order valence-corrected chi connectivity index (χ0v) is 9.42. The van der Waals surface area contributed by atoms with Gasteiger partial charge in [0.15, 0.2) is 5.75 Å². The molecule has 0 amide bonds. The summed E-state index contributed by atoms with van der Waals surface area (Å²) in [5.41, 5.74) is -0.434. The summed E-state index contributed by atoms with van der Waals surface area (Å²) in [5, 5.41) is 0.944. The van der Waals surface area contributed by atoms with E-state index >= 15 is 0 Å². The van der Waals surface area contributed by atoms with Crippen molar-refractivity contribution < 1.29 is 4.74 Å². The van der Waals surface area contributed by atoms with E-state index in [9.17, 15) is 4.79 Å². The van der Waals surface area contributed by atoms with Crippen molar-refractivity contribution in [3.05, 3.63) is 51.1 Å². The summed E-state index contributed by atoms with van der Waals surface area (Å²) in [6.45, 7) is 0. The normalized spacial score (nSPS) is 10.1. The lowest BCUT2D eigenvalue weighted by Gasteiger charge is -2.05. The van der Waals surface area contributed by atoms with Gasteiger partial charge in [0.25, 0.3) is 0 Å². The Labute approximate surface area is 101 Å². The molecule has 0 radical (unpaired) electrons. The number of halogens is 2. The monoisotopic (exact) mass is 256 g/mol. The van der Waals surface area contributed by atoms with E-state index in [0.717, 1.165) is 0 Å². The van der Waals surface area contributed by atoms with Crippen LogP contribution in [-0.4, -0.2) is 9.97 Å². The lowest BCUT2D eigenvalue weighted by atomic mass is 10.3. The number of aromatic nitrogens is 2. The van der Waals surface area contributed by atoms with Crippen molar-refractivity contribution in [2.24, 2.45) is 0 Å². The molecule has 2 aromatic rings. The maximum Gasteiger partial charge on any atom is 0.345 e. The van der Waals surface area contributed by atoms with Gasteiger partial charge in [-0.2, -0.15) is 4.98 Å². The van der Waals surface area contributed by atoms with E-state index in [2.05, 4.69) is 9.97 Å². The Balaban J connectivity index is 2.26. The highest BCUT2D eigenvalue weighted by Crippen LogP contribution is 2.27. The van der Waals surface area contributed by atoms with Crippen molar-refractivity contribution in [2.75, 3.05) is 0 Å². The van der Waals surface area contributed by atoms with E-state index in [-0.39, 0.29) is 0 Å². The first kappa shape index (κ1) is 11.0. The third kappa shape index (κ3) is 2.74. The number of hydrogen-bond donors (Lipinski definition) is 1. The van der Waals surface area contributed by atoms with E-state index in [4.69, 9.17) is 27.9 Å². The molecule has 0 atom stereocenters. The van der Waals surface area contributed by atoms with Crippen molar-refractivity contribution in [1.82, 2.24) is 9.97 Å². The lowest BCUT2D eigenvalue weighted by Crippen LogP contribution is -2.07. The molecule has 82 valence electrons. The molecule has 0 aliphatic rings. The van der Waals surface area contributed by atoms with Gasteiger partial charge in [-0.25, -0.2) is 4.79 Å². The van der Waals surface area contributed by atoms with Gasteiger partial charge in [-0.3, -0.25) is 0 Å². The van der Waals surface area contributed by atoms with Crippen LogP contribution in [-0.2, 0) is 0 Å². The highest BCUT2D eigenvalue weighted by molar-refractivity contribution is 6.34. The van der Waals surface area contributed by atoms with Crippen LogP contribution in [0.5, 0.6) is 11.5 Å². The van der Waals surface area contributed by atoms with Crippen LogP contribution in [0.4, 0.5) is 0 Å². The van der Waals surface area contributed by atoms with Gasteiger partial charge >= 0.3 is 5.69 Å². The van der Waals surface area contributed by atoms with Gasteiger partial charge in [-0.15, -0.1) is 0 Å². The molecule has 2 rings (SSSR count). The number of aromatic amines is 1. The zero-order chi connectivity index (χ0) is 11.5. The van der Waals surface area contributed by atoms with E-state index in [1.165, 1.54) is 12.4 Å². The molecule has 1 heterocycles. The topological polar surface area (TPSA) is 55.0 Å². The highest BCUT2D eigenvalue weighted by Gasteiger charge is 2.01. The van der Waals surface area contributed by atoms with Crippen LogP contribution in [0.1, 0.15) is 0 Å². The molecule has 0 saturated heterocycles.